The van der Waals surface area contributed by atoms with E-state index < -0.39 is 18.1 Å². The molecule has 0 spiro atoms. The van der Waals surface area contributed by atoms with Gasteiger partial charge < -0.3 is 16.6 Å². The summed E-state index contributed by atoms with van der Waals surface area (Å²) in [5, 5.41) is 9.21. The lowest BCUT2D eigenvalue weighted by Gasteiger charge is -2.19. The zero-order valence-electron chi connectivity index (χ0n) is 10.7. The van der Waals surface area contributed by atoms with Crippen molar-refractivity contribution in [1.29, 1.82) is 0 Å². The predicted octanol–water partition coefficient (Wildman–Crippen LogP) is 1.99. The number of aliphatic carboxylic acids is 1. The van der Waals surface area contributed by atoms with E-state index in [1.54, 1.807) is 11.8 Å². The molecule has 0 radical (unpaired) electrons. The maximum absolute atomic E-state index is 10.6. The standard InChI is InChI=1S/C13H20N2O2S/c1-8(2)18-10-5-3-9(4-6-10)13(15)11(14)7-12(16)17/h3-6,8,11,13H,7,14-15H2,1-2H3,(H,16,17). The predicted molar refractivity (Wildman–Crippen MR) is 74.6 cm³/mol. The summed E-state index contributed by atoms with van der Waals surface area (Å²) >= 11 is 1.77. The molecule has 0 heterocycles. The quantitative estimate of drug-likeness (QED) is 0.686. The normalized spacial score (nSPS) is 14.5. The van der Waals surface area contributed by atoms with Gasteiger partial charge in [-0.1, -0.05) is 26.0 Å². The number of nitrogens with two attached hydrogens (primary N) is 2. The van der Waals surface area contributed by atoms with Crippen LogP contribution in [-0.2, 0) is 4.79 Å². The van der Waals surface area contributed by atoms with Gasteiger partial charge in [0.15, 0.2) is 0 Å². The van der Waals surface area contributed by atoms with Gasteiger partial charge in [0.1, 0.15) is 0 Å². The molecule has 100 valence electrons. The fraction of sp³-hybridized carbons (Fsp3) is 0.462. The Kier molecular flexibility index (Phi) is 5.65. The average molecular weight is 268 g/mol. The number of carbonyl (C=O) groups is 1. The minimum Gasteiger partial charge on any atom is -0.481 e. The van der Waals surface area contributed by atoms with Crippen LogP contribution in [0.25, 0.3) is 0 Å². The van der Waals surface area contributed by atoms with E-state index in [0.29, 0.717) is 5.25 Å². The Morgan fingerprint density at radius 3 is 2.28 bits per heavy atom. The van der Waals surface area contributed by atoms with Crippen molar-refractivity contribution in [2.75, 3.05) is 0 Å². The fourth-order valence-electron chi connectivity index (χ4n) is 1.62. The molecule has 0 fully saturated rings. The number of hydrogen-bond donors (Lipinski definition) is 3. The smallest absolute Gasteiger partial charge is 0.304 e. The summed E-state index contributed by atoms with van der Waals surface area (Å²) in [7, 11) is 0. The molecule has 0 bridgehead atoms. The SMILES string of the molecule is CC(C)Sc1ccc(C(N)C(N)CC(=O)O)cc1. The minimum absolute atomic E-state index is 0.121. The van der Waals surface area contributed by atoms with Crippen molar-refractivity contribution in [1.82, 2.24) is 0 Å². The number of carboxylic acid groups (broad SMARTS) is 1. The third kappa shape index (κ3) is 4.68. The van der Waals surface area contributed by atoms with Gasteiger partial charge in [0.05, 0.1) is 6.42 Å². The van der Waals surface area contributed by atoms with Crippen LogP contribution >= 0.6 is 11.8 Å². The van der Waals surface area contributed by atoms with Crippen molar-refractivity contribution in [2.45, 2.75) is 42.5 Å². The molecule has 18 heavy (non-hydrogen) atoms. The van der Waals surface area contributed by atoms with Crippen molar-refractivity contribution in [2.24, 2.45) is 11.5 Å². The van der Waals surface area contributed by atoms with Crippen molar-refractivity contribution in [3.63, 3.8) is 0 Å². The molecule has 0 aliphatic rings. The summed E-state index contributed by atoms with van der Waals surface area (Å²) in [6.07, 6.45) is -0.121. The van der Waals surface area contributed by atoms with Gasteiger partial charge in [-0.25, -0.2) is 0 Å². The molecule has 0 amide bonds. The van der Waals surface area contributed by atoms with Crippen LogP contribution in [-0.4, -0.2) is 22.4 Å². The first kappa shape index (κ1) is 15.0. The van der Waals surface area contributed by atoms with Gasteiger partial charge >= 0.3 is 5.97 Å². The third-order valence-corrected chi connectivity index (χ3v) is 3.52. The second-order valence-electron chi connectivity index (χ2n) is 4.52. The summed E-state index contributed by atoms with van der Waals surface area (Å²) in [6, 6.07) is 6.81. The first-order chi connectivity index (χ1) is 8.40. The molecule has 1 rings (SSSR count). The largest absolute Gasteiger partial charge is 0.481 e. The Bertz CT molecular complexity index is 392. The van der Waals surface area contributed by atoms with Crippen LogP contribution in [0, 0.1) is 0 Å². The molecule has 5 heteroatoms. The molecular weight excluding hydrogens is 248 g/mol. The zero-order chi connectivity index (χ0) is 13.7. The molecule has 5 N–H and O–H groups in total. The van der Waals surface area contributed by atoms with Gasteiger partial charge in [-0.2, -0.15) is 0 Å². The maximum Gasteiger partial charge on any atom is 0.304 e. The maximum atomic E-state index is 10.6. The lowest BCUT2D eigenvalue weighted by molar-refractivity contribution is -0.137. The highest BCUT2D eigenvalue weighted by Gasteiger charge is 2.18. The second-order valence-corrected chi connectivity index (χ2v) is 6.17. The Labute approximate surface area is 112 Å². The van der Waals surface area contributed by atoms with Crippen LogP contribution in [0.2, 0.25) is 0 Å². The number of benzene rings is 1. The average Bonchev–Trinajstić information content (AvgIpc) is 2.27. The summed E-state index contributed by atoms with van der Waals surface area (Å²) in [6.45, 7) is 4.26. The number of rotatable bonds is 6. The Hall–Kier alpha value is -1.04. The van der Waals surface area contributed by atoms with Gasteiger partial charge in [0, 0.05) is 22.2 Å². The molecule has 0 saturated carbocycles. The van der Waals surface area contributed by atoms with Crippen LogP contribution in [0.15, 0.2) is 29.2 Å². The lowest BCUT2D eigenvalue weighted by atomic mass is 9.99. The monoisotopic (exact) mass is 268 g/mol. The second kappa shape index (κ2) is 6.78. The first-order valence-corrected chi connectivity index (χ1v) is 6.77. The highest BCUT2D eigenvalue weighted by Crippen LogP contribution is 2.24. The number of carboxylic acids is 1. The number of thioether (sulfide) groups is 1. The van der Waals surface area contributed by atoms with Crippen LogP contribution in [0.3, 0.4) is 0 Å². The molecule has 0 aliphatic carbocycles. The van der Waals surface area contributed by atoms with E-state index >= 15 is 0 Å². The van der Waals surface area contributed by atoms with Gasteiger partial charge in [0.25, 0.3) is 0 Å². The van der Waals surface area contributed by atoms with E-state index in [1.165, 1.54) is 4.90 Å². The topological polar surface area (TPSA) is 89.3 Å². The van der Waals surface area contributed by atoms with Gasteiger partial charge in [-0.15, -0.1) is 11.8 Å². The molecule has 1 aromatic carbocycles. The first-order valence-electron chi connectivity index (χ1n) is 5.89. The van der Waals surface area contributed by atoms with E-state index in [4.69, 9.17) is 16.6 Å². The van der Waals surface area contributed by atoms with Crippen molar-refractivity contribution in [3.05, 3.63) is 29.8 Å². The summed E-state index contributed by atoms with van der Waals surface area (Å²) in [4.78, 5) is 11.8. The van der Waals surface area contributed by atoms with Gasteiger partial charge in [0.2, 0.25) is 0 Å². The zero-order valence-corrected chi connectivity index (χ0v) is 11.5. The van der Waals surface area contributed by atoms with Crippen molar-refractivity contribution in [3.8, 4) is 0 Å². The molecule has 0 aliphatic heterocycles. The summed E-state index contributed by atoms with van der Waals surface area (Å²) in [5.41, 5.74) is 12.6. The van der Waals surface area contributed by atoms with Crippen LogP contribution in [0.1, 0.15) is 31.9 Å². The molecule has 0 saturated heterocycles. The Balaban J connectivity index is 2.69. The van der Waals surface area contributed by atoms with Crippen LogP contribution in [0.4, 0.5) is 0 Å². The number of hydrogen-bond acceptors (Lipinski definition) is 4. The van der Waals surface area contributed by atoms with E-state index in [0.717, 1.165) is 5.56 Å². The van der Waals surface area contributed by atoms with E-state index in [9.17, 15) is 4.79 Å². The fourth-order valence-corrected chi connectivity index (χ4v) is 2.45. The summed E-state index contributed by atoms with van der Waals surface area (Å²) in [5.74, 6) is -0.926. The van der Waals surface area contributed by atoms with Gasteiger partial charge in [-0.3, -0.25) is 4.79 Å². The van der Waals surface area contributed by atoms with Crippen molar-refractivity contribution >= 4 is 17.7 Å². The molecule has 2 unspecified atom stereocenters. The molecule has 4 nitrogen and oxygen atoms in total. The molecule has 1 aromatic rings. The minimum atomic E-state index is -0.926. The van der Waals surface area contributed by atoms with E-state index in [1.807, 2.05) is 24.3 Å². The van der Waals surface area contributed by atoms with Crippen LogP contribution < -0.4 is 11.5 Å². The van der Waals surface area contributed by atoms with Gasteiger partial charge in [-0.05, 0) is 17.7 Å². The van der Waals surface area contributed by atoms with E-state index in [2.05, 4.69) is 13.8 Å². The summed E-state index contributed by atoms with van der Waals surface area (Å²) < 4.78 is 0. The lowest BCUT2D eigenvalue weighted by Crippen LogP contribution is -2.35. The van der Waals surface area contributed by atoms with Crippen molar-refractivity contribution < 1.29 is 9.90 Å². The third-order valence-electron chi connectivity index (χ3n) is 2.51. The highest BCUT2D eigenvalue weighted by molar-refractivity contribution is 7.99. The molecule has 0 aromatic heterocycles. The molecular formula is C13H20N2O2S. The Morgan fingerprint density at radius 1 is 1.28 bits per heavy atom. The van der Waals surface area contributed by atoms with E-state index in [-0.39, 0.29) is 6.42 Å². The molecule has 2 atom stereocenters. The van der Waals surface area contributed by atoms with Crippen LogP contribution in [0.5, 0.6) is 0 Å². The Morgan fingerprint density at radius 2 is 1.83 bits per heavy atom. The highest BCUT2D eigenvalue weighted by atomic mass is 32.2.